The van der Waals surface area contributed by atoms with Crippen LogP contribution in [0.25, 0.3) is 0 Å². The highest BCUT2D eigenvalue weighted by atomic mass is 31.1. The van der Waals surface area contributed by atoms with Crippen LogP contribution in [0.1, 0.15) is 22.3 Å². The van der Waals surface area contributed by atoms with Crippen LogP contribution >= 0.6 is 8.03 Å². The predicted molar refractivity (Wildman–Crippen MR) is 79.7 cm³/mol. The van der Waals surface area contributed by atoms with Gasteiger partial charge < -0.3 is 0 Å². The first-order valence-corrected chi connectivity index (χ1v) is 7.43. The molecule has 0 fully saturated rings. The summed E-state index contributed by atoms with van der Waals surface area (Å²) in [5.74, 6) is 0.665. The minimum atomic E-state index is -1.86. The molecule has 0 amide bonds. The third kappa shape index (κ3) is 3.65. The average Bonchev–Trinajstić information content (AvgIpc) is 2.25. The first-order valence-electron chi connectivity index (χ1n) is 6.26. The lowest BCUT2D eigenvalue weighted by Gasteiger charge is -2.00. The fourth-order valence-electron chi connectivity index (χ4n) is 2.19. The molecule has 98 valence electrons. The van der Waals surface area contributed by atoms with Gasteiger partial charge in [-0.2, -0.15) is 0 Å². The zero-order chi connectivity index (χ0) is 14.0. The molecular formula is C16H18O2P+. The van der Waals surface area contributed by atoms with Crippen molar-refractivity contribution in [2.24, 2.45) is 0 Å². The van der Waals surface area contributed by atoms with Crippen LogP contribution in [0, 0.1) is 27.7 Å². The maximum atomic E-state index is 12.3. The van der Waals surface area contributed by atoms with E-state index in [1.807, 2.05) is 52.0 Å². The van der Waals surface area contributed by atoms with Crippen molar-refractivity contribution in [1.29, 1.82) is 0 Å². The lowest BCUT2D eigenvalue weighted by Crippen LogP contribution is -2.02. The van der Waals surface area contributed by atoms with Crippen molar-refractivity contribution in [3.05, 3.63) is 58.7 Å². The molecule has 2 aromatic carbocycles. The minimum Gasteiger partial charge on any atom is -0.250 e. The van der Waals surface area contributed by atoms with Crippen LogP contribution in [0.2, 0.25) is 0 Å². The van der Waals surface area contributed by atoms with E-state index in [9.17, 15) is 4.57 Å². The van der Waals surface area contributed by atoms with Gasteiger partial charge in [0.1, 0.15) is 0 Å². The lowest BCUT2D eigenvalue weighted by atomic mass is 10.1. The molecular weight excluding hydrogens is 255 g/mol. The second-order valence-corrected chi connectivity index (χ2v) is 6.23. The van der Waals surface area contributed by atoms with Crippen LogP contribution in [0.5, 0.6) is 5.75 Å². The van der Waals surface area contributed by atoms with E-state index in [0.717, 1.165) is 27.6 Å². The highest BCUT2D eigenvalue weighted by molar-refractivity contribution is 7.48. The van der Waals surface area contributed by atoms with Gasteiger partial charge in [-0.3, -0.25) is 4.52 Å². The number of benzene rings is 2. The normalized spacial score (nSPS) is 11.3. The molecule has 2 rings (SSSR count). The van der Waals surface area contributed by atoms with Gasteiger partial charge >= 0.3 is 8.03 Å². The predicted octanol–water partition coefficient (Wildman–Crippen LogP) is 4.37. The molecule has 0 spiro atoms. The van der Waals surface area contributed by atoms with Gasteiger partial charge in [-0.1, -0.05) is 12.1 Å². The molecule has 0 aliphatic carbocycles. The monoisotopic (exact) mass is 273 g/mol. The summed E-state index contributed by atoms with van der Waals surface area (Å²) in [6.07, 6.45) is 0. The zero-order valence-corrected chi connectivity index (χ0v) is 12.6. The summed E-state index contributed by atoms with van der Waals surface area (Å²) in [6.45, 7) is 8.00. The first-order chi connectivity index (χ1) is 8.94. The molecule has 0 aliphatic rings. The lowest BCUT2D eigenvalue weighted by molar-refractivity contribution is 0.514. The van der Waals surface area contributed by atoms with Crippen LogP contribution in [0.15, 0.2) is 36.4 Å². The van der Waals surface area contributed by atoms with Crippen LogP contribution in [-0.2, 0) is 4.57 Å². The Morgan fingerprint density at radius 1 is 0.737 bits per heavy atom. The van der Waals surface area contributed by atoms with Crippen molar-refractivity contribution in [2.75, 3.05) is 0 Å². The highest BCUT2D eigenvalue weighted by Crippen LogP contribution is 2.28. The van der Waals surface area contributed by atoms with E-state index in [2.05, 4.69) is 12.1 Å². The van der Waals surface area contributed by atoms with Crippen molar-refractivity contribution < 1.29 is 9.09 Å². The first kappa shape index (κ1) is 13.8. The van der Waals surface area contributed by atoms with E-state index in [4.69, 9.17) is 4.52 Å². The molecule has 2 aromatic rings. The van der Waals surface area contributed by atoms with Crippen molar-refractivity contribution >= 4 is 13.3 Å². The van der Waals surface area contributed by atoms with Gasteiger partial charge in [0.25, 0.3) is 0 Å². The standard InChI is InChI=1S/C16H18O2P/c1-11-5-12(2)8-15(7-11)18-19(17)16-9-13(3)6-14(4)10-16/h5-10H,1-4H3/q+1. The summed E-state index contributed by atoms with van der Waals surface area (Å²) in [4.78, 5) is 0. The molecule has 0 saturated heterocycles. The summed E-state index contributed by atoms with van der Waals surface area (Å²) < 4.78 is 17.8. The Bertz CT molecular complexity index is 592. The Balaban J connectivity index is 2.25. The fraction of sp³-hybridized carbons (Fsp3) is 0.250. The third-order valence-corrected chi connectivity index (χ3v) is 3.86. The van der Waals surface area contributed by atoms with Crippen molar-refractivity contribution in [1.82, 2.24) is 0 Å². The quantitative estimate of drug-likeness (QED) is 0.776. The Morgan fingerprint density at radius 2 is 1.16 bits per heavy atom. The smallest absolute Gasteiger partial charge is 0.250 e. The summed E-state index contributed by atoms with van der Waals surface area (Å²) in [5, 5.41) is 0.742. The summed E-state index contributed by atoms with van der Waals surface area (Å²) in [5.41, 5.74) is 4.42. The van der Waals surface area contributed by atoms with Gasteiger partial charge in [-0.25, -0.2) is 0 Å². The molecule has 0 heterocycles. The van der Waals surface area contributed by atoms with Gasteiger partial charge in [0.2, 0.25) is 5.30 Å². The maximum Gasteiger partial charge on any atom is 0.597 e. The average molecular weight is 273 g/mol. The Morgan fingerprint density at radius 3 is 1.63 bits per heavy atom. The number of hydrogen-bond acceptors (Lipinski definition) is 2. The molecule has 0 N–H and O–H groups in total. The molecule has 0 aromatic heterocycles. The van der Waals surface area contributed by atoms with Crippen LogP contribution in [0.3, 0.4) is 0 Å². The summed E-state index contributed by atoms with van der Waals surface area (Å²) in [7, 11) is -1.86. The molecule has 19 heavy (non-hydrogen) atoms. The topological polar surface area (TPSA) is 26.3 Å². The highest BCUT2D eigenvalue weighted by Gasteiger charge is 2.24. The second-order valence-electron chi connectivity index (χ2n) is 5.02. The van der Waals surface area contributed by atoms with E-state index in [0.29, 0.717) is 5.75 Å². The largest absolute Gasteiger partial charge is 0.597 e. The molecule has 1 atom stereocenters. The maximum absolute atomic E-state index is 12.3. The van der Waals surface area contributed by atoms with E-state index in [1.165, 1.54) is 0 Å². The molecule has 1 unspecified atom stereocenters. The number of rotatable bonds is 3. The molecule has 0 bridgehead atoms. The second kappa shape index (κ2) is 5.54. The van der Waals surface area contributed by atoms with E-state index < -0.39 is 8.03 Å². The van der Waals surface area contributed by atoms with Crippen LogP contribution < -0.4 is 9.83 Å². The molecule has 0 radical (unpaired) electrons. The van der Waals surface area contributed by atoms with Crippen molar-refractivity contribution in [3.8, 4) is 5.75 Å². The molecule has 3 heteroatoms. The van der Waals surface area contributed by atoms with E-state index >= 15 is 0 Å². The van der Waals surface area contributed by atoms with Crippen molar-refractivity contribution in [2.45, 2.75) is 27.7 Å². The number of aryl methyl sites for hydroxylation is 4. The summed E-state index contributed by atoms with van der Waals surface area (Å²) in [6, 6.07) is 11.8. The van der Waals surface area contributed by atoms with Gasteiger partial charge in [0.15, 0.2) is 5.75 Å². The molecule has 0 saturated carbocycles. The van der Waals surface area contributed by atoms with Gasteiger partial charge in [-0.05, 0) is 78.8 Å². The Kier molecular flexibility index (Phi) is 4.01. The Labute approximate surface area is 115 Å². The van der Waals surface area contributed by atoms with Gasteiger partial charge in [-0.15, -0.1) is 0 Å². The van der Waals surface area contributed by atoms with Gasteiger partial charge in [0, 0.05) is 0 Å². The van der Waals surface area contributed by atoms with Gasteiger partial charge in [0.05, 0.1) is 0 Å². The minimum absolute atomic E-state index is 0.665. The number of hydrogen-bond donors (Lipinski definition) is 0. The van der Waals surface area contributed by atoms with Crippen molar-refractivity contribution in [3.63, 3.8) is 0 Å². The third-order valence-electron chi connectivity index (χ3n) is 2.80. The fourth-order valence-corrected chi connectivity index (χ4v) is 3.21. The van der Waals surface area contributed by atoms with Crippen LogP contribution in [-0.4, -0.2) is 0 Å². The molecule has 0 aliphatic heterocycles. The summed E-state index contributed by atoms with van der Waals surface area (Å²) >= 11 is 0. The Hall–Kier alpha value is -1.66. The SMILES string of the molecule is Cc1cc(C)cc(O[P+](=O)c2cc(C)cc(C)c2)c1. The molecule has 2 nitrogen and oxygen atoms in total. The van der Waals surface area contributed by atoms with Crippen LogP contribution in [0.4, 0.5) is 0 Å². The zero-order valence-electron chi connectivity index (χ0n) is 11.7. The van der Waals surface area contributed by atoms with E-state index in [-0.39, 0.29) is 0 Å². The van der Waals surface area contributed by atoms with E-state index in [1.54, 1.807) is 0 Å².